The molecule has 0 spiro atoms. The molecule has 0 bridgehead atoms. The highest BCUT2D eigenvalue weighted by molar-refractivity contribution is 5.88. The minimum atomic E-state index is -0.383. The summed E-state index contributed by atoms with van der Waals surface area (Å²) in [5.41, 5.74) is 1.11. The highest BCUT2D eigenvalue weighted by Crippen LogP contribution is 2.27. The molecule has 2 rings (SSSR count). The number of likely N-dealkylation sites (N-methyl/N-ethyl adjacent to an activating group) is 1. The molecular formula is C16H26N4O3. The molecule has 7 nitrogen and oxygen atoms in total. The number of likely N-dealkylation sites (tertiary alicyclic amines) is 1. The average molecular weight is 322 g/mol. The second-order valence-electron chi connectivity index (χ2n) is 6.21. The van der Waals surface area contributed by atoms with E-state index in [1.807, 2.05) is 30.8 Å². The van der Waals surface area contributed by atoms with Gasteiger partial charge in [-0.05, 0) is 40.8 Å². The third-order valence-electron chi connectivity index (χ3n) is 4.06. The van der Waals surface area contributed by atoms with Crippen molar-refractivity contribution in [1.29, 1.82) is 0 Å². The van der Waals surface area contributed by atoms with Gasteiger partial charge in [0.05, 0.1) is 13.2 Å². The van der Waals surface area contributed by atoms with E-state index in [0.29, 0.717) is 18.8 Å². The van der Waals surface area contributed by atoms with Crippen LogP contribution in [0.5, 0.6) is 0 Å². The molecule has 0 unspecified atom stereocenters. The molecule has 0 saturated carbocycles. The molecule has 0 aliphatic carbocycles. The molecule has 0 atom stereocenters. The van der Waals surface area contributed by atoms with Crippen LogP contribution in [-0.2, 0) is 9.53 Å². The van der Waals surface area contributed by atoms with E-state index in [-0.39, 0.29) is 17.8 Å². The maximum Gasteiger partial charge on any atom is 0.358 e. The van der Waals surface area contributed by atoms with Crippen LogP contribution in [0.15, 0.2) is 0 Å². The molecule has 0 aromatic carbocycles. The first kappa shape index (κ1) is 17.5. The second-order valence-corrected chi connectivity index (χ2v) is 6.21. The number of nitrogens with zero attached hydrogens (tertiary/aromatic N) is 3. The third kappa shape index (κ3) is 4.31. The van der Waals surface area contributed by atoms with Gasteiger partial charge in [-0.3, -0.25) is 4.79 Å². The van der Waals surface area contributed by atoms with Gasteiger partial charge in [0.15, 0.2) is 5.69 Å². The second kappa shape index (κ2) is 7.59. The van der Waals surface area contributed by atoms with Crippen molar-refractivity contribution in [3.05, 3.63) is 17.2 Å². The molecule has 1 amide bonds. The van der Waals surface area contributed by atoms with Crippen molar-refractivity contribution in [3.8, 4) is 0 Å². The van der Waals surface area contributed by atoms with Crippen molar-refractivity contribution in [2.75, 3.05) is 40.3 Å². The number of hydrogen-bond acceptors (Lipinski definition) is 5. The van der Waals surface area contributed by atoms with Gasteiger partial charge in [0.2, 0.25) is 5.91 Å². The fourth-order valence-electron chi connectivity index (χ4n) is 2.85. The van der Waals surface area contributed by atoms with Crippen LogP contribution < -0.4 is 0 Å². The summed E-state index contributed by atoms with van der Waals surface area (Å²) >= 11 is 0. The van der Waals surface area contributed by atoms with Crippen LogP contribution >= 0.6 is 0 Å². The Balaban J connectivity index is 1.96. The number of aryl methyl sites for hydroxylation is 1. The predicted octanol–water partition coefficient (Wildman–Crippen LogP) is 1.16. The minimum Gasteiger partial charge on any atom is -0.461 e. The number of nitrogens with one attached hydrogen (secondary N) is 1. The van der Waals surface area contributed by atoms with E-state index in [9.17, 15) is 9.59 Å². The molecule has 1 aromatic heterocycles. The molecular weight excluding hydrogens is 296 g/mol. The molecule has 128 valence electrons. The van der Waals surface area contributed by atoms with Crippen LogP contribution in [0.25, 0.3) is 0 Å². The number of ether oxygens (including phenoxy) is 1. The largest absolute Gasteiger partial charge is 0.461 e. The molecule has 1 aliphatic rings. The lowest BCUT2D eigenvalue weighted by molar-refractivity contribution is -0.132. The molecule has 1 aromatic rings. The number of aromatic amines is 1. The van der Waals surface area contributed by atoms with Crippen molar-refractivity contribution >= 4 is 11.9 Å². The summed E-state index contributed by atoms with van der Waals surface area (Å²) in [6, 6.07) is 0. The van der Waals surface area contributed by atoms with Gasteiger partial charge in [-0.15, -0.1) is 0 Å². The van der Waals surface area contributed by atoms with Crippen molar-refractivity contribution < 1.29 is 14.3 Å². The topological polar surface area (TPSA) is 78.5 Å². The Morgan fingerprint density at radius 3 is 2.57 bits per heavy atom. The zero-order valence-electron chi connectivity index (χ0n) is 14.4. The number of imidazole rings is 1. The van der Waals surface area contributed by atoms with E-state index in [2.05, 4.69) is 9.97 Å². The Labute approximate surface area is 137 Å². The number of hydrogen-bond donors (Lipinski definition) is 1. The van der Waals surface area contributed by atoms with Gasteiger partial charge in [-0.1, -0.05) is 0 Å². The quantitative estimate of drug-likeness (QED) is 0.823. The first-order chi connectivity index (χ1) is 10.9. The number of amides is 1. The molecule has 1 aliphatic heterocycles. The van der Waals surface area contributed by atoms with Gasteiger partial charge >= 0.3 is 5.97 Å². The number of H-pyrrole nitrogens is 1. The van der Waals surface area contributed by atoms with E-state index >= 15 is 0 Å². The number of aromatic nitrogens is 2. The Morgan fingerprint density at radius 1 is 1.35 bits per heavy atom. The Hall–Kier alpha value is -1.89. The summed E-state index contributed by atoms with van der Waals surface area (Å²) in [5, 5.41) is 0. The van der Waals surface area contributed by atoms with E-state index in [0.717, 1.165) is 37.4 Å². The zero-order chi connectivity index (χ0) is 17.0. The molecule has 1 N–H and O–H groups in total. The molecule has 1 saturated heterocycles. The van der Waals surface area contributed by atoms with Crippen LogP contribution in [0, 0.1) is 6.92 Å². The number of rotatable bonds is 5. The van der Waals surface area contributed by atoms with E-state index < -0.39 is 0 Å². The van der Waals surface area contributed by atoms with Gasteiger partial charge < -0.3 is 19.5 Å². The molecule has 7 heteroatoms. The monoisotopic (exact) mass is 322 g/mol. The standard InChI is InChI=1S/C16H26N4O3/c1-5-23-16(22)14-11(2)17-15(18-14)12-6-8-20(9-7-12)13(21)10-19(3)4/h12H,5-10H2,1-4H3,(H,17,18). The van der Waals surface area contributed by atoms with Gasteiger partial charge in [-0.2, -0.15) is 0 Å². The lowest BCUT2D eigenvalue weighted by Crippen LogP contribution is -2.42. The average Bonchev–Trinajstić information content (AvgIpc) is 2.89. The summed E-state index contributed by atoms with van der Waals surface area (Å²) in [6.07, 6.45) is 1.71. The van der Waals surface area contributed by atoms with E-state index in [4.69, 9.17) is 4.74 Å². The summed E-state index contributed by atoms with van der Waals surface area (Å²) in [7, 11) is 3.79. The van der Waals surface area contributed by atoms with Crippen LogP contribution in [0.3, 0.4) is 0 Å². The lowest BCUT2D eigenvalue weighted by atomic mass is 9.96. The first-order valence-electron chi connectivity index (χ1n) is 8.08. The van der Waals surface area contributed by atoms with Crippen LogP contribution in [0.4, 0.5) is 0 Å². The zero-order valence-corrected chi connectivity index (χ0v) is 14.4. The van der Waals surface area contributed by atoms with Crippen molar-refractivity contribution in [2.24, 2.45) is 0 Å². The number of piperidine rings is 1. The van der Waals surface area contributed by atoms with E-state index in [1.165, 1.54) is 0 Å². The Bertz CT molecular complexity index is 560. The lowest BCUT2D eigenvalue weighted by Gasteiger charge is -2.31. The smallest absolute Gasteiger partial charge is 0.358 e. The van der Waals surface area contributed by atoms with Crippen molar-refractivity contribution in [1.82, 2.24) is 19.8 Å². The number of carbonyl (C=O) groups is 2. The third-order valence-corrected chi connectivity index (χ3v) is 4.06. The summed E-state index contributed by atoms with van der Waals surface area (Å²) in [4.78, 5) is 35.3. The maximum absolute atomic E-state index is 12.1. The van der Waals surface area contributed by atoms with Gasteiger partial charge in [0.25, 0.3) is 0 Å². The minimum absolute atomic E-state index is 0.163. The predicted molar refractivity (Wildman–Crippen MR) is 86.4 cm³/mol. The normalized spacial score (nSPS) is 16.0. The Morgan fingerprint density at radius 2 is 2.00 bits per heavy atom. The van der Waals surface area contributed by atoms with Crippen molar-refractivity contribution in [2.45, 2.75) is 32.6 Å². The van der Waals surface area contributed by atoms with Gasteiger partial charge in [-0.25, -0.2) is 9.78 Å². The fraction of sp³-hybridized carbons (Fsp3) is 0.688. The summed E-state index contributed by atoms with van der Waals surface area (Å²) in [6.45, 7) is 5.85. The molecule has 1 fully saturated rings. The van der Waals surface area contributed by atoms with Gasteiger partial charge in [0, 0.05) is 24.7 Å². The summed E-state index contributed by atoms with van der Waals surface area (Å²) in [5.74, 6) is 0.855. The SMILES string of the molecule is CCOC(=O)c1nc(C2CCN(C(=O)CN(C)C)CC2)[nH]c1C. The summed E-state index contributed by atoms with van der Waals surface area (Å²) < 4.78 is 5.02. The fourth-order valence-corrected chi connectivity index (χ4v) is 2.85. The van der Waals surface area contributed by atoms with Crippen LogP contribution in [0.1, 0.15) is 47.7 Å². The number of carbonyl (C=O) groups excluding carboxylic acids is 2. The van der Waals surface area contributed by atoms with E-state index in [1.54, 1.807) is 6.92 Å². The Kier molecular flexibility index (Phi) is 5.76. The number of esters is 1. The first-order valence-corrected chi connectivity index (χ1v) is 8.08. The highest BCUT2D eigenvalue weighted by atomic mass is 16.5. The van der Waals surface area contributed by atoms with Gasteiger partial charge in [0.1, 0.15) is 5.82 Å². The molecule has 23 heavy (non-hydrogen) atoms. The van der Waals surface area contributed by atoms with Crippen LogP contribution in [-0.4, -0.2) is 72.0 Å². The molecule has 2 heterocycles. The molecule has 0 radical (unpaired) electrons. The highest BCUT2D eigenvalue weighted by Gasteiger charge is 2.27. The van der Waals surface area contributed by atoms with Crippen molar-refractivity contribution in [3.63, 3.8) is 0 Å². The maximum atomic E-state index is 12.1. The van der Waals surface area contributed by atoms with Crippen LogP contribution in [0.2, 0.25) is 0 Å².